The first-order chi connectivity index (χ1) is 11.5. The molecule has 0 unspecified atom stereocenters. The molecule has 128 valence electrons. The Morgan fingerprint density at radius 3 is 2.62 bits per heavy atom. The van der Waals surface area contributed by atoms with Crippen molar-refractivity contribution in [1.29, 1.82) is 0 Å². The normalized spacial score (nSPS) is 15.5. The van der Waals surface area contributed by atoms with E-state index < -0.39 is 0 Å². The highest BCUT2D eigenvalue weighted by Gasteiger charge is 2.23. The van der Waals surface area contributed by atoms with Crippen LogP contribution in [0.25, 0.3) is 5.95 Å². The minimum atomic E-state index is -0.199. The van der Waals surface area contributed by atoms with Crippen LogP contribution in [-0.4, -0.2) is 25.7 Å². The van der Waals surface area contributed by atoms with Gasteiger partial charge in [0.25, 0.3) is 5.56 Å². The van der Waals surface area contributed by atoms with Gasteiger partial charge in [0.1, 0.15) is 5.82 Å². The molecule has 24 heavy (non-hydrogen) atoms. The summed E-state index contributed by atoms with van der Waals surface area (Å²) in [5.41, 5.74) is 1.77. The molecule has 2 heterocycles. The summed E-state index contributed by atoms with van der Waals surface area (Å²) in [7, 11) is 0. The van der Waals surface area contributed by atoms with Gasteiger partial charge in [-0.05, 0) is 33.6 Å². The zero-order valence-corrected chi connectivity index (χ0v) is 14.3. The first-order valence-electron chi connectivity index (χ1n) is 8.41. The van der Waals surface area contributed by atoms with Crippen LogP contribution < -0.4 is 10.9 Å². The van der Waals surface area contributed by atoms with Crippen LogP contribution in [0.1, 0.15) is 49.1 Å². The number of aromatic amines is 1. The van der Waals surface area contributed by atoms with Gasteiger partial charge in [-0.2, -0.15) is 9.78 Å². The Balaban J connectivity index is 1.90. The Kier molecular flexibility index (Phi) is 4.51. The second-order valence-corrected chi connectivity index (χ2v) is 6.51. The molecule has 2 aromatic rings. The lowest BCUT2D eigenvalue weighted by Crippen LogP contribution is -2.26. The number of anilines is 1. The van der Waals surface area contributed by atoms with Crippen molar-refractivity contribution in [2.24, 2.45) is 5.92 Å². The molecule has 2 N–H and O–H groups in total. The quantitative estimate of drug-likeness (QED) is 0.904. The number of nitrogens with one attached hydrogen (secondary N) is 2. The molecule has 2 aromatic heterocycles. The molecule has 1 aliphatic rings. The number of carbonyl (C=O) groups is 1. The van der Waals surface area contributed by atoms with Crippen LogP contribution in [0.3, 0.4) is 0 Å². The molecule has 0 bridgehead atoms. The Bertz CT molecular complexity index is 815. The Labute approximate surface area is 140 Å². The molecule has 7 nitrogen and oxygen atoms in total. The summed E-state index contributed by atoms with van der Waals surface area (Å²) in [6.45, 7) is 5.35. The standard InChI is InChI=1S/C17H23N5O2/c1-10-9-14(19-16(24)13-7-5-4-6-8-13)22(21-10)17-18-12(3)11(2)15(23)20-17/h9,13H,4-8H2,1-3H3,(H,19,24)(H,18,20,23). The number of hydrogen-bond donors (Lipinski definition) is 2. The average Bonchev–Trinajstić information content (AvgIpc) is 2.93. The number of hydrogen-bond acceptors (Lipinski definition) is 4. The number of nitrogens with zero attached hydrogens (tertiary/aromatic N) is 3. The van der Waals surface area contributed by atoms with Gasteiger partial charge in [-0.1, -0.05) is 19.3 Å². The molecule has 1 aliphatic carbocycles. The number of aryl methyl sites for hydroxylation is 2. The summed E-state index contributed by atoms with van der Waals surface area (Å²) in [5.74, 6) is 0.917. The molecule has 0 aromatic carbocycles. The SMILES string of the molecule is Cc1cc(NC(=O)C2CCCCC2)n(-c2nc(C)c(C)c(=O)[nH]2)n1. The molecule has 7 heteroatoms. The van der Waals surface area contributed by atoms with Crippen molar-refractivity contribution in [3.8, 4) is 5.95 Å². The Hall–Kier alpha value is -2.44. The second kappa shape index (κ2) is 6.59. The largest absolute Gasteiger partial charge is 0.310 e. The number of H-pyrrole nitrogens is 1. The predicted molar refractivity (Wildman–Crippen MR) is 91.4 cm³/mol. The Morgan fingerprint density at radius 1 is 1.25 bits per heavy atom. The van der Waals surface area contributed by atoms with Crippen molar-refractivity contribution in [2.75, 3.05) is 5.32 Å². The van der Waals surface area contributed by atoms with Crippen LogP contribution >= 0.6 is 0 Å². The highest BCUT2D eigenvalue weighted by atomic mass is 16.2. The fourth-order valence-electron chi connectivity index (χ4n) is 3.07. The monoisotopic (exact) mass is 329 g/mol. The van der Waals surface area contributed by atoms with Gasteiger partial charge in [0.15, 0.2) is 0 Å². The number of carbonyl (C=O) groups excluding carboxylic acids is 1. The van der Waals surface area contributed by atoms with Crippen LogP contribution in [0, 0.1) is 26.7 Å². The van der Waals surface area contributed by atoms with Crippen LogP contribution in [0.2, 0.25) is 0 Å². The molecular formula is C17H23N5O2. The van der Waals surface area contributed by atoms with Gasteiger partial charge in [0.05, 0.1) is 5.69 Å². The lowest BCUT2D eigenvalue weighted by Gasteiger charge is -2.20. The zero-order valence-electron chi connectivity index (χ0n) is 14.3. The van der Waals surface area contributed by atoms with Crippen molar-refractivity contribution >= 4 is 11.7 Å². The fourth-order valence-corrected chi connectivity index (χ4v) is 3.07. The van der Waals surface area contributed by atoms with E-state index in [1.807, 2.05) is 6.92 Å². The molecule has 1 amide bonds. The third kappa shape index (κ3) is 3.25. The van der Waals surface area contributed by atoms with Gasteiger partial charge >= 0.3 is 0 Å². The van der Waals surface area contributed by atoms with E-state index in [0.717, 1.165) is 31.4 Å². The van der Waals surface area contributed by atoms with E-state index in [4.69, 9.17) is 0 Å². The van der Waals surface area contributed by atoms with Crippen LogP contribution in [0.4, 0.5) is 5.82 Å². The lowest BCUT2D eigenvalue weighted by atomic mass is 9.89. The van der Waals surface area contributed by atoms with Crippen molar-refractivity contribution < 1.29 is 4.79 Å². The molecular weight excluding hydrogens is 306 g/mol. The zero-order chi connectivity index (χ0) is 17.3. The van der Waals surface area contributed by atoms with E-state index in [1.165, 1.54) is 11.1 Å². The average molecular weight is 329 g/mol. The number of amides is 1. The molecule has 3 rings (SSSR count). The molecule has 0 saturated heterocycles. The maximum atomic E-state index is 12.5. The fraction of sp³-hybridized carbons (Fsp3) is 0.529. The summed E-state index contributed by atoms with van der Waals surface area (Å²) in [6, 6.07) is 1.79. The van der Waals surface area contributed by atoms with Crippen LogP contribution in [0.5, 0.6) is 0 Å². The Morgan fingerprint density at radius 2 is 1.96 bits per heavy atom. The maximum absolute atomic E-state index is 12.5. The van der Waals surface area contributed by atoms with Gasteiger partial charge < -0.3 is 5.32 Å². The van der Waals surface area contributed by atoms with Crippen molar-refractivity contribution in [2.45, 2.75) is 52.9 Å². The lowest BCUT2D eigenvalue weighted by molar-refractivity contribution is -0.120. The minimum Gasteiger partial charge on any atom is -0.310 e. The van der Waals surface area contributed by atoms with Gasteiger partial charge in [-0.3, -0.25) is 14.6 Å². The van der Waals surface area contributed by atoms with E-state index in [9.17, 15) is 9.59 Å². The highest BCUT2D eigenvalue weighted by Crippen LogP contribution is 2.25. The van der Waals surface area contributed by atoms with Crippen molar-refractivity contribution in [3.63, 3.8) is 0 Å². The summed E-state index contributed by atoms with van der Waals surface area (Å²) in [6.07, 6.45) is 5.26. The van der Waals surface area contributed by atoms with Crippen LogP contribution in [0.15, 0.2) is 10.9 Å². The summed E-state index contributed by atoms with van der Waals surface area (Å²) in [4.78, 5) is 31.6. The van der Waals surface area contributed by atoms with Gasteiger partial charge in [0, 0.05) is 23.2 Å². The minimum absolute atomic E-state index is 0.0158. The molecule has 1 saturated carbocycles. The molecule has 0 atom stereocenters. The summed E-state index contributed by atoms with van der Waals surface area (Å²) < 4.78 is 1.49. The molecule has 0 aliphatic heterocycles. The first-order valence-corrected chi connectivity index (χ1v) is 8.41. The molecule has 0 spiro atoms. The van der Waals surface area contributed by atoms with Crippen molar-refractivity contribution in [3.05, 3.63) is 33.4 Å². The van der Waals surface area contributed by atoms with Gasteiger partial charge in [0.2, 0.25) is 11.9 Å². The molecule has 0 radical (unpaired) electrons. The summed E-state index contributed by atoms with van der Waals surface area (Å²) >= 11 is 0. The van der Waals surface area contributed by atoms with E-state index in [0.29, 0.717) is 23.0 Å². The van der Waals surface area contributed by atoms with Gasteiger partial charge in [-0.15, -0.1) is 0 Å². The second-order valence-electron chi connectivity index (χ2n) is 6.51. The van der Waals surface area contributed by atoms with E-state index >= 15 is 0 Å². The topological polar surface area (TPSA) is 92.7 Å². The highest BCUT2D eigenvalue weighted by molar-refractivity contribution is 5.92. The third-order valence-corrected chi connectivity index (χ3v) is 4.64. The van der Waals surface area contributed by atoms with E-state index in [-0.39, 0.29) is 17.4 Å². The van der Waals surface area contributed by atoms with Crippen molar-refractivity contribution in [1.82, 2.24) is 19.7 Å². The number of rotatable bonds is 3. The third-order valence-electron chi connectivity index (χ3n) is 4.64. The van der Waals surface area contributed by atoms with Crippen LogP contribution in [-0.2, 0) is 4.79 Å². The van der Waals surface area contributed by atoms with Gasteiger partial charge in [-0.25, -0.2) is 4.98 Å². The van der Waals surface area contributed by atoms with E-state index in [1.54, 1.807) is 19.9 Å². The predicted octanol–water partition coefficient (Wildman–Crippen LogP) is 2.40. The molecule has 1 fully saturated rings. The summed E-state index contributed by atoms with van der Waals surface area (Å²) in [5, 5.41) is 7.31. The smallest absolute Gasteiger partial charge is 0.255 e. The maximum Gasteiger partial charge on any atom is 0.255 e. The first kappa shape index (κ1) is 16.4. The number of aromatic nitrogens is 4. The van der Waals surface area contributed by atoms with E-state index in [2.05, 4.69) is 20.4 Å².